The number of hydrogen-bond donors (Lipinski definition) is 0. The van der Waals surface area contributed by atoms with Gasteiger partial charge in [-0.1, -0.05) is 43.4 Å². The van der Waals surface area contributed by atoms with Crippen molar-refractivity contribution in [2.45, 2.75) is 29.8 Å². The maximum atomic E-state index is 6.01. The first kappa shape index (κ1) is 13.8. The molecular formula is C13H19ClS2Si. The van der Waals surface area contributed by atoms with Gasteiger partial charge in [-0.05, 0) is 35.6 Å². The summed E-state index contributed by atoms with van der Waals surface area (Å²) in [5.41, 5.74) is 1.47. The fourth-order valence-electron chi connectivity index (χ4n) is 2.23. The van der Waals surface area contributed by atoms with Crippen molar-refractivity contribution in [3.8, 4) is 0 Å². The van der Waals surface area contributed by atoms with E-state index in [-0.39, 0.29) is 0 Å². The normalized spacial score (nSPS) is 20.2. The fourth-order valence-corrected chi connectivity index (χ4v) is 10.2. The van der Waals surface area contributed by atoms with Crippen LogP contribution in [0, 0.1) is 0 Å². The Bertz CT molecular complexity index is 377. The van der Waals surface area contributed by atoms with Gasteiger partial charge in [-0.25, -0.2) is 0 Å². The minimum Gasteiger partial charge on any atom is -0.143 e. The van der Waals surface area contributed by atoms with Crippen LogP contribution in [0.1, 0.15) is 12.0 Å². The molecule has 2 rings (SSSR count). The van der Waals surface area contributed by atoms with Crippen molar-refractivity contribution in [2.24, 2.45) is 0 Å². The summed E-state index contributed by atoms with van der Waals surface area (Å²) in [7, 11) is -1.28. The van der Waals surface area contributed by atoms with Gasteiger partial charge < -0.3 is 0 Å². The molecule has 0 radical (unpaired) electrons. The monoisotopic (exact) mass is 302 g/mol. The molecule has 1 fully saturated rings. The molecule has 0 aliphatic carbocycles. The van der Waals surface area contributed by atoms with Crippen molar-refractivity contribution >= 4 is 43.2 Å². The first-order chi connectivity index (χ1) is 7.96. The molecule has 0 nitrogen and oxygen atoms in total. The van der Waals surface area contributed by atoms with E-state index in [0.29, 0.717) is 3.70 Å². The summed E-state index contributed by atoms with van der Waals surface area (Å²) in [5, 5.41) is 0.838. The molecule has 1 aromatic rings. The molecule has 0 saturated carbocycles. The molecule has 0 aromatic heterocycles. The zero-order chi connectivity index (χ0) is 12.5. The first-order valence-electron chi connectivity index (χ1n) is 6.00. The topological polar surface area (TPSA) is 0 Å². The van der Waals surface area contributed by atoms with E-state index in [4.69, 9.17) is 11.6 Å². The third-order valence-corrected chi connectivity index (χ3v) is 13.1. The highest BCUT2D eigenvalue weighted by molar-refractivity contribution is 8.20. The molecule has 0 bridgehead atoms. The van der Waals surface area contributed by atoms with E-state index < -0.39 is 8.07 Å². The van der Waals surface area contributed by atoms with Crippen LogP contribution in [-0.4, -0.2) is 19.6 Å². The van der Waals surface area contributed by atoms with Crippen molar-refractivity contribution in [1.29, 1.82) is 0 Å². The highest BCUT2D eigenvalue weighted by atomic mass is 35.5. The Labute approximate surface area is 119 Å². The Kier molecular flexibility index (Phi) is 4.23. The lowest BCUT2D eigenvalue weighted by atomic mass is 10.2. The summed E-state index contributed by atoms with van der Waals surface area (Å²) in [5.74, 6) is 2.58. The van der Waals surface area contributed by atoms with Crippen molar-refractivity contribution in [3.05, 3.63) is 34.9 Å². The lowest BCUT2D eigenvalue weighted by Gasteiger charge is -2.45. The summed E-state index contributed by atoms with van der Waals surface area (Å²) in [4.78, 5) is 0. The van der Waals surface area contributed by atoms with E-state index in [1.54, 1.807) is 0 Å². The van der Waals surface area contributed by atoms with E-state index in [1.165, 1.54) is 23.5 Å². The zero-order valence-electron chi connectivity index (χ0n) is 10.6. The van der Waals surface area contributed by atoms with Crippen LogP contribution in [0.15, 0.2) is 24.3 Å². The third-order valence-electron chi connectivity index (χ3n) is 3.11. The van der Waals surface area contributed by atoms with Crippen molar-refractivity contribution in [2.75, 3.05) is 11.5 Å². The fraction of sp³-hybridized carbons (Fsp3) is 0.538. The van der Waals surface area contributed by atoms with Crippen LogP contribution in [0.5, 0.6) is 0 Å². The second-order valence-electron chi connectivity index (χ2n) is 5.42. The minimum absolute atomic E-state index is 0.315. The second-order valence-corrected chi connectivity index (χ2v) is 14.7. The molecule has 0 spiro atoms. The molecule has 0 N–H and O–H groups in total. The van der Waals surface area contributed by atoms with E-state index in [9.17, 15) is 0 Å². The molecule has 0 atom stereocenters. The minimum atomic E-state index is -1.28. The summed E-state index contributed by atoms with van der Waals surface area (Å²) in [6, 6.07) is 8.53. The van der Waals surface area contributed by atoms with Crippen LogP contribution in [0.4, 0.5) is 0 Å². The van der Waals surface area contributed by atoms with Crippen LogP contribution in [-0.2, 0) is 3.70 Å². The first-order valence-corrected chi connectivity index (χ1v) is 11.8. The van der Waals surface area contributed by atoms with Gasteiger partial charge in [0.1, 0.15) is 0 Å². The standard InChI is InChI=1S/C13H19ClS2Si/c1-17(2,3)13(15-9-4-10-16-13)11-5-7-12(14)8-6-11/h5-8H,4,9-10H2,1-3H3. The smallest absolute Gasteiger partial charge is 0.0808 e. The van der Waals surface area contributed by atoms with Gasteiger partial charge in [0, 0.05) is 5.02 Å². The van der Waals surface area contributed by atoms with Gasteiger partial charge in [-0.3, -0.25) is 0 Å². The van der Waals surface area contributed by atoms with Gasteiger partial charge in [0.05, 0.1) is 11.8 Å². The van der Waals surface area contributed by atoms with Crippen LogP contribution in [0.3, 0.4) is 0 Å². The van der Waals surface area contributed by atoms with E-state index in [2.05, 4.69) is 55.3 Å². The highest BCUT2D eigenvalue weighted by Gasteiger charge is 2.46. The van der Waals surface area contributed by atoms with Crippen LogP contribution >= 0.6 is 35.1 Å². The maximum Gasteiger partial charge on any atom is 0.0808 e. The lowest BCUT2D eigenvalue weighted by molar-refractivity contribution is 1.06. The quantitative estimate of drug-likeness (QED) is 0.685. The van der Waals surface area contributed by atoms with Crippen LogP contribution in [0.25, 0.3) is 0 Å². The number of hydrogen-bond acceptors (Lipinski definition) is 2. The Morgan fingerprint density at radius 2 is 1.59 bits per heavy atom. The molecular weight excluding hydrogens is 284 g/mol. The number of rotatable bonds is 2. The Morgan fingerprint density at radius 1 is 1.06 bits per heavy atom. The van der Waals surface area contributed by atoms with E-state index in [1.807, 2.05) is 12.1 Å². The molecule has 1 aliphatic heterocycles. The van der Waals surface area contributed by atoms with Gasteiger partial charge in [-0.2, -0.15) is 0 Å². The van der Waals surface area contributed by atoms with E-state index in [0.717, 1.165) is 5.02 Å². The highest BCUT2D eigenvalue weighted by Crippen LogP contribution is 2.55. The zero-order valence-corrected chi connectivity index (χ0v) is 14.0. The number of halogens is 1. The summed E-state index contributed by atoms with van der Waals surface area (Å²) < 4.78 is 0.315. The van der Waals surface area contributed by atoms with Gasteiger partial charge in [-0.15, -0.1) is 23.5 Å². The van der Waals surface area contributed by atoms with Crippen molar-refractivity contribution in [3.63, 3.8) is 0 Å². The van der Waals surface area contributed by atoms with Gasteiger partial charge in [0.25, 0.3) is 0 Å². The molecule has 1 saturated heterocycles. The van der Waals surface area contributed by atoms with E-state index >= 15 is 0 Å². The van der Waals surface area contributed by atoms with Crippen LogP contribution < -0.4 is 0 Å². The van der Waals surface area contributed by atoms with Gasteiger partial charge in [0.2, 0.25) is 0 Å². The largest absolute Gasteiger partial charge is 0.143 e. The molecule has 0 amide bonds. The molecule has 1 aliphatic rings. The predicted octanol–water partition coefficient (Wildman–Crippen LogP) is 5.24. The molecule has 1 heterocycles. The molecule has 0 unspecified atom stereocenters. The Morgan fingerprint density at radius 3 is 2.06 bits per heavy atom. The third kappa shape index (κ3) is 2.72. The Balaban J connectivity index is 2.43. The maximum absolute atomic E-state index is 6.01. The average molecular weight is 303 g/mol. The molecule has 17 heavy (non-hydrogen) atoms. The van der Waals surface area contributed by atoms with Gasteiger partial charge in [0.15, 0.2) is 0 Å². The van der Waals surface area contributed by atoms with Crippen molar-refractivity contribution in [1.82, 2.24) is 0 Å². The second kappa shape index (κ2) is 5.20. The Hall–Kier alpha value is 0.427. The van der Waals surface area contributed by atoms with Crippen molar-refractivity contribution < 1.29 is 0 Å². The predicted molar refractivity (Wildman–Crippen MR) is 86.0 cm³/mol. The van der Waals surface area contributed by atoms with Gasteiger partial charge >= 0.3 is 0 Å². The summed E-state index contributed by atoms with van der Waals surface area (Å²) in [6.07, 6.45) is 1.34. The molecule has 94 valence electrons. The average Bonchev–Trinajstić information content (AvgIpc) is 2.29. The summed E-state index contributed by atoms with van der Waals surface area (Å²) >= 11 is 10.3. The van der Waals surface area contributed by atoms with Crippen LogP contribution in [0.2, 0.25) is 24.7 Å². The summed E-state index contributed by atoms with van der Waals surface area (Å²) in [6.45, 7) is 7.44. The SMILES string of the molecule is C[Si](C)(C)C1(c2ccc(Cl)cc2)SCCCS1. The molecule has 4 heteroatoms. The number of benzene rings is 1. The lowest BCUT2D eigenvalue weighted by Crippen LogP contribution is -2.46. The number of thioether (sulfide) groups is 2. The molecule has 1 aromatic carbocycles.